The van der Waals surface area contributed by atoms with E-state index in [0.29, 0.717) is 24.1 Å². The van der Waals surface area contributed by atoms with E-state index in [9.17, 15) is 9.90 Å². The molecule has 1 N–H and O–H groups in total. The largest absolute Gasteiger partial charge is 0.383 e. The van der Waals surface area contributed by atoms with E-state index in [2.05, 4.69) is 6.07 Å². The van der Waals surface area contributed by atoms with Crippen LogP contribution in [0.3, 0.4) is 0 Å². The number of benzene rings is 1. The van der Waals surface area contributed by atoms with Crippen LogP contribution < -0.4 is 5.56 Å². The molecule has 5 heteroatoms. The molecular formula is C20H18N2O3. The molecule has 0 spiro atoms. The Morgan fingerprint density at radius 3 is 3.00 bits per heavy atom. The molecule has 3 aromatic rings. The maximum atomic E-state index is 13.0. The molecule has 1 aromatic carbocycles. The third kappa shape index (κ3) is 1.97. The van der Waals surface area contributed by atoms with E-state index < -0.39 is 5.60 Å². The summed E-state index contributed by atoms with van der Waals surface area (Å²) in [5.41, 5.74) is 3.65. The van der Waals surface area contributed by atoms with Crippen molar-refractivity contribution >= 4 is 10.9 Å². The first-order valence-electron chi connectivity index (χ1n) is 8.57. The summed E-state index contributed by atoms with van der Waals surface area (Å²) < 4.78 is 7.25. The highest BCUT2D eigenvalue weighted by atomic mass is 16.5. The molecule has 0 saturated heterocycles. The molecule has 0 radical (unpaired) electrons. The van der Waals surface area contributed by atoms with Gasteiger partial charge in [-0.1, -0.05) is 25.1 Å². The average molecular weight is 334 g/mol. The Kier molecular flexibility index (Phi) is 2.96. The number of aromatic nitrogens is 2. The Morgan fingerprint density at radius 1 is 1.32 bits per heavy atom. The Hall–Kier alpha value is -2.50. The number of hydrogen-bond acceptors (Lipinski definition) is 4. The number of hydrogen-bond donors (Lipinski definition) is 1. The number of ether oxygens (including phenoxy) is 1. The van der Waals surface area contributed by atoms with Crippen molar-refractivity contribution in [3.05, 3.63) is 63.4 Å². The van der Waals surface area contributed by atoms with Gasteiger partial charge >= 0.3 is 0 Å². The number of nitrogens with zero attached hydrogens (tertiary/aromatic N) is 2. The van der Waals surface area contributed by atoms with Gasteiger partial charge in [-0.3, -0.25) is 4.79 Å². The molecule has 1 atom stereocenters. The first kappa shape index (κ1) is 14.8. The summed E-state index contributed by atoms with van der Waals surface area (Å²) in [6.07, 6.45) is 0.501. The van der Waals surface area contributed by atoms with Crippen molar-refractivity contribution in [1.29, 1.82) is 0 Å². The fourth-order valence-corrected chi connectivity index (χ4v) is 3.96. The van der Waals surface area contributed by atoms with E-state index >= 15 is 0 Å². The molecule has 0 saturated carbocycles. The second kappa shape index (κ2) is 5.00. The molecule has 5 rings (SSSR count). The van der Waals surface area contributed by atoms with Crippen molar-refractivity contribution < 1.29 is 9.84 Å². The molecule has 2 aliphatic rings. The van der Waals surface area contributed by atoms with E-state index in [4.69, 9.17) is 9.72 Å². The Bertz CT molecular complexity index is 1090. The highest BCUT2D eigenvalue weighted by Gasteiger charge is 2.37. The molecule has 0 bridgehead atoms. The van der Waals surface area contributed by atoms with Crippen LogP contribution in [0, 0.1) is 0 Å². The van der Waals surface area contributed by atoms with Gasteiger partial charge < -0.3 is 14.4 Å². The standard InChI is InChI=1S/C20H18N2O3/c1-2-20(24)11-25-10-14-15(20)8-17-18-13(9-22(17)19(14)23)7-12-5-3-4-6-16(12)21-18/h3-8,24H,2,9-11H2,1H3/t20-/m1/s1. The van der Waals surface area contributed by atoms with Gasteiger partial charge in [-0.25, -0.2) is 4.98 Å². The summed E-state index contributed by atoms with van der Waals surface area (Å²) in [6, 6.07) is 12.0. The molecule has 0 fully saturated rings. The molecule has 4 heterocycles. The van der Waals surface area contributed by atoms with Crippen LogP contribution in [0.25, 0.3) is 22.3 Å². The average Bonchev–Trinajstić information content (AvgIpc) is 2.99. The summed E-state index contributed by atoms with van der Waals surface area (Å²) in [6.45, 7) is 2.89. The van der Waals surface area contributed by atoms with Gasteiger partial charge in [-0.2, -0.15) is 0 Å². The van der Waals surface area contributed by atoms with Crippen molar-refractivity contribution in [3.63, 3.8) is 0 Å². The smallest absolute Gasteiger partial charge is 0.257 e. The number of pyridine rings is 2. The summed E-state index contributed by atoms with van der Waals surface area (Å²) >= 11 is 0. The van der Waals surface area contributed by atoms with Crippen molar-refractivity contribution in [2.24, 2.45) is 0 Å². The fraction of sp³-hybridized carbons (Fsp3) is 0.300. The van der Waals surface area contributed by atoms with Crippen LogP contribution >= 0.6 is 0 Å². The first-order chi connectivity index (χ1) is 12.1. The van der Waals surface area contributed by atoms with Gasteiger partial charge in [0, 0.05) is 16.5 Å². The van der Waals surface area contributed by atoms with Gasteiger partial charge in [-0.05, 0) is 30.2 Å². The predicted molar refractivity (Wildman–Crippen MR) is 94.4 cm³/mol. The molecular weight excluding hydrogens is 316 g/mol. The Labute approximate surface area is 144 Å². The first-order valence-corrected chi connectivity index (χ1v) is 8.57. The maximum absolute atomic E-state index is 13.0. The summed E-state index contributed by atoms with van der Waals surface area (Å²) in [7, 11) is 0. The van der Waals surface area contributed by atoms with Gasteiger partial charge in [0.25, 0.3) is 5.56 Å². The second-order valence-corrected chi connectivity index (χ2v) is 6.88. The van der Waals surface area contributed by atoms with Crippen LogP contribution in [0.15, 0.2) is 41.2 Å². The zero-order valence-electron chi connectivity index (χ0n) is 14.0. The van der Waals surface area contributed by atoms with Gasteiger partial charge in [0.1, 0.15) is 5.60 Å². The van der Waals surface area contributed by atoms with E-state index in [-0.39, 0.29) is 18.8 Å². The summed E-state index contributed by atoms with van der Waals surface area (Å²) in [5.74, 6) is 0. The number of aliphatic hydroxyl groups is 1. The number of para-hydroxylation sites is 1. The van der Waals surface area contributed by atoms with Gasteiger partial charge in [0.15, 0.2) is 0 Å². The van der Waals surface area contributed by atoms with Crippen LogP contribution in [0.5, 0.6) is 0 Å². The lowest BCUT2D eigenvalue weighted by Crippen LogP contribution is -2.40. The molecule has 0 unspecified atom stereocenters. The lowest BCUT2D eigenvalue weighted by Gasteiger charge is -2.33. The van der Waals surface area contributed by atoms with Crippen molar-refractivity contribution in [3.8, 4) is 11.4 Å². The highest BCUT2D eigenvalue weighted by molar-refractivity contribution is 5.84. The molecule has 5 nitrogen and oxygen atoms in total. The van der Waals surface area contributed by atoms with Gasteiger partial charge in [0.2, 0.25) is 0 Å². The highest BCUT2D eigenvalue weighted by Crippen LogP contribution is 2.37. The van der Waals surface area contributed by atoms with Crippen LogP contribution in [0.2, 0.25) is 0 Å². The lowest BCUT2D eigenvalue weighted by molar-refractivity contribution is -0.0757. The summed E-state index contributed by atoms with van der Waals surface area (Å²) in [4.78, 5) is 17.8. The minimum Gasteiger partial charge on any atom is -0.383 e. The quantitative estimate of drug-likeness (QED) is 0.581. The zero-order valence-corrected chi connectivity index (χ0v) is 14.0. The Balaban J connectivity index is 1.80. The molecule has 0 amide bonds. The third-order valence-corrected chi connectivity index (χ3v) is 5.45. The summed E-state index contributed by atoms with van der Waals surface area (Å²) in [5, 5.41) is 12.0. The maximum Gasteiger partial charge on any atom is 0.257 e. The van der Waals surface area contributed by atoms with Crippen LogP contribution in [0.4, 0.5) is 0 Å². The van der Waals surface area contributed by atoms with E-state index in [0.717, 1.165) is 27.9 Å². The molecule has 0 aliphatic carbocycles. The van der Waals surface area contributed by atoms with Crippen LogP contribution in [0.1, 0.15) is 30.0 Å². The van der Waals surface area contributed by atoms with E-state index in [1.165, 1.54) is 0 Å². The third-order valence-electron chi connectivity index (χ3n) is 5.45. The van der Waals surface area contributed by atoms with Crippen LogP contribution in [-0.2, 0) is 23.5 Å². The topological polar surface area (TPSA) is 64.3 Å². The fourth-order valence-electron chi connectivity index (χ4n) is 3.96. The normalized spacial score (nSPS) is 21.0. The van der Waals surface area contributed by atoms with Crippen molar-refractivity contribution in [2.75, 3.05) is 6.61 Å². The second-order valence-electron chi connectivity index (χ2n) is 6.88. The van der Waals surface area contributed by atoms with Crippen LogP contribution in [-0.4, -0.2) is 21.3 Å². The monoisotopic (exact) mass is 334 g/mol. The number of rotatable bonds is 1. The van der Waals surface area contributed by atoms with E-state index in [1.54, 1.807) is 4.57 Å². The van der Waals surface area contributed by atoms with Gasteiger partial charge in [0.05, 0.1) is 36.7 Å². The van der Waals surface area contributed by atoms with Gasteiger partial charge in [-0.15, -0.1) is 0 Å². The number of fused-ring (bicyclic) bond motifs is 5. The van der Waals surface area contributed by atoms with E-state index in [1.807, 2.05) is 37.3 Å². The lowest BCUT2D eigenvalue weighted by atomic mass is 9.86. The minimum absolute atomic E-state index is 0.0823. The Morgan fingerprint density at radius 2 is 2.16 bits per heavy atom. The molecule has 25 heavy (non-hydrogen) atoms. The molecule has 2 aliphatic heterocycles. The molecule has 126 valence electrons. The molecule has 2 aromatic heterocycles. The van der Waals surface area contributed by atoms with Crippen molar-refractivity contribution in [2.45, 2.75) is 32.1 Å². The SMILES string of the molecule is CC[C@@]1(O)COCc2c1cc1n(c2=O)Cc2cc3ccccc3nc2-1. The van der Waals surface area contributed by atoms with Crippen molar-refractivity contribution in [1.82, 2.24) is 9.55 Å². The minimum atomic E-state index is -1.11. The predicted octanol–water partition coefficient (Wildman–Crippen LogP) is 2.55. The zero-order chi connectivity index (χ0) is 17.2.